The summed E-state index contributed by atoms with van der Waals surface area (Å²) >= 11 is 0. The Morgan fingerprint density at radius 1 is 1.52 bits per heavy atom. The second kappa shape index (κ2) is 9.83. The van der Waals surface area contributed by atoms with E-state index in [2.05, 4.69) is 15.2 Å². The molecule has 2 heterocycles. The van der Waals surface area contributed by atoms with Crippen molar-refractivity contribution in [3.05, 3.63) is 11.8 Å². The lowest BCUT2D eigenvalue weighted by atomic mass is 10.1. The molecule has 0 saturated carbocycles. The predicted molar refractivity (Wildman–Crippen MR) is 86.0 cm³/mol. The Labute approximate surface area is 136 Å². The molecule has 1 aromatic rings. The van der Waals surface area contributed by atoms with Crippen molar-refractivity contribution in [1.82, 2.24) is 15.1 Å². The second-order valence-corrected chi connectivity index (χ2v) is 5.37. The van der Waals surface area contributed by atoms with Gasteiger partial charge in [0.25, 0.3) is 6.47 Å². The molecule has 23 heavy (non-hydrogen) atoms. The van der Waals surface area contributed by atoms with E-state index in [-0.39, 0.29) is 12.1 Å². The Balaban J connectivity index is 0.000000379. The molecular formula is C15H26N4O4. The summed E-state index contributed by atoms with van der Waals surface area (Å²) in [7, 11) is 0. The maximum Gasteiger partial charge on any atom is 0.343 e. The van der Waals surface area contributed by atoms with Crippen LogP contribution in [0.15, 0.2) is 6.20 Å². The van der Waals surface area contributed by atoms with E-state index in [1.165, 1.54) is 6.20 Å². The van der Waals surface area contributed by atoms with Gasteiger partial charge in [-0.3, -0.25) is 4.79 Å². The summed E-state index contributed by atoms with van der Waals surface area (Å²) in [6, 6.07) is 0.277. The van der Waals surface area contributed by atoms with Crippen molar-refractivity contribution >= 4 is 18.3 Å². The highest BCUT2D eigenvalue weighted by atomic mass is 16.5. The highest BCUT2D eigenvalue weighted by Gasteiger charge is 2.22. The smallest absolute Gasteiger partial charge is 0.343 e. The zero-order chi connectivity index (χ0) is 17.2. The molecule has 3 N–H and O–H groups in total. The average Bonchev–Trinajstić information content (AvgIpc) is 2.90. The molecule has 1 aromatic heterocycles. The first-order valence-corrected chi connectivity index (χ1v) is 7.81. The van der Waals surface area contributed by atoms with E-state index >= 15 is 0 Å². The van der Waals surface area contributed by atoms with Gasteiger partial charge in [-0.1, -0.05) is 0 Å². The molecule has 1 aliphatic heterocycles. The summed E-state index contributed by atoms with van der Waals surface area (Å²) in [5.41, 5.74) is 6.31. The molecule has 1 aliphatic rings. The summed E-state index contributed by atoms with van der Waals surface area (Å²) in [6.07, 6.45) is 3.49. The van der Waals surface area contributed by atoms with Gasteiger partial charge in [0, 0.05) is 0 Å². The Kier molecular flexibility index (Phi) is 8.10. The standard InChI is InChI=1S/C11H18N4O2.C4H8O2/c1-2-17-11(16)9-7-14-15(10(9)12)8-3-5-13-6-4-8;1-4(2)6-3-5/h7-8,13H,2-6,12H2,1H3;3-4H,1-2H3. The topological polar surface area (TPSA) is 108 Å². The van der Waals surface area contributed by atoms with Crippen LogP contribution >= 0.6 is 0 Å². The number of ether oxygens (including phenoxy) is 2. The number of anilines is 1. The summed E-state index contributed by atoms with van der Waals surface area (Å²) in [4.78, 5) is 21.0. The number of hydrogen-bond donors (Lipinski definition) is 2. The van der Waals surface area contributed by atoms with Crippen molar-refractivity contribution in [3.8, 4) is 0 Å². The van der Waals surface area contributed by atoms with Crippen molar-refractivity contribution in [2.75, 3.05) is 25.4 Å². The summed E-state index contributed by atoms with van der Waals surface area (Å²) in [5, 5.41) is 7.49. The number of nitrogen functional groups attached to an aromatic ring is 1. The molecular weight excluding hydrogens is 300 g/mol. The van der Waals surface area contributed by atoms with Crippen LogP contribution in [0.25, 0.3) is 0 Å². The van der Waals surface area contributed by atoms with Gasteiger partial charge in [0.05, 0.1) is 24.9 Å². The molecule has 0 aliphatic carbocycles. The van der Waals surface area contributed by atoms with Crippen LogP contribution in [0.1, 0.15) is 50.0 Å². The van der Waals surface area contributed by atoms with E-state index in [0.717, 1.165) is 25.9 Å². The van der Waals surface area contributed by atoms with Crippen molar-refractivity contribution in [2.24, 2.45) is 0 Å². The molecule has 0 spiro atoms. The van der Waals surface area contributed by atoms with Gasteiger partial charge in [0.2, 0.25) is 0 Å². The van der Waals surface area contributed by atoms with Gasteiger partial charge in [-0.05, 0) is 46.7 Å². The molecule has 0 unspecified atom stereocenters. The Bertz CT molecular complexity index is 496. The molecule has 0 amide bonds. The molecule has 1 fully saturated rings. The Morgan fingerprint density at radius 3 is 2.65 bits per heavy atom. The van der Waals surface area contributed by atoms with E-state index in [1.54, 1.807) is 25.5 Å². The largest absolute Gasteiger partial charge is 0.465 e. The third kappa shape index (κ3) is 5.90. The minimum absolute atomic E-state index is 0.0301. The minimum atomic E-state index is -0.398. The summed E-state index contributed by atoms with van der Waals surface area (Å²) in [6.45, 7) is 8.08. The maximum absolute atomic E-state index is 11.6. The normalized spacial score (nSPS) is 14.8. The Morgan fingerprint density at radius 2 is 2.17 bits per heavy atom. The lowest BCUT2D eigenvalue weighted by Crippen LogP contribution is -2.30. The number of esters is 1. The monoisotopic (exact) mass is 326 g/mol. The Hall–Kier alpha value is -2.09. The van der Waals surface area contributed by atoms with Crippen LogP contribution in [0.4, 0.5) is 5.82 Å². The van der Waals surface area contributed by atoms with Gasteiger partial charge < -0.3 is 20.5 Å². The fourth-order valence-corrected chi connectivity index (χ4v) is 2.19. The highest BCUT2D eigenvalue weighted by Crippen LogP contribution is 2.23. The van der Waals surface area contributed by atoms with Crippen LogP contribution in [-0.2, 0) is 14.3 Å². The van der Waals surface area contributed by atoms with Crippen LogP contribution in [-0.4, -0.2) is 48.0 Å². The molecule has 1 saturated heterocycles. The van der Waals surface area contributed by atoms with Crippen LogP contribution in [0.2, 0.25) is 0 Å². The number of nitrogens with zero attached hydrogens (tertiary/aromatic N) is 2. The molecule has 8 nitrogen and oxygen atoms in total. The molecule has 0 radical (unpaired) electrons. The van der Waals surface area contributed by atoms with Crippen molar-refractivity contribution in [3.63, 3.8) is 0 Å². The number of rotatable bonds is 5. The van der Waals surface area contributed by atoms with Gasteiger partial charge in [0.15, 0.2) is 0 Å². The van der Waals surface area contributed by atoms with E-state index in [0.29, 0.717) is 24.5 Å². The number of hydrogen-bond acceptors (Lipinski definition) is 7. The number of nitrogens with two attached hydrogens (primary N) is 1. The number of aromatic nitrogens is 2. The fraction of sp³-hybridized carbons (Fsp3) is 0.667. The van der Waals surface area contributed by atoms with Crippen molar-refractivity contribution in [1.29, 1.82) is 0 Å². The van der Waals surface area contributed by atoms with Gasteiger partial charge in [-0.25, -0.2) is 9.48 Å². The lowest BCUT2D eigenvalue weighted by Gasteiger charge is -2.23. The lowest BCUT2D eigenvalue weighted by molar-refractivity contribution is -0.131. The summed E-state index contributed by atoms with van der Waals surface area (Å²) < 4.78 is 11.0. The average molecular weight is 326 g/mol. The van der Waals surface area contributed by atoms with E-state index in [9.17, 15) is 9.59 Å². The molecule has 8 heteroatoms. The number of piperidine rings is 1. The molecule has 2 rings (SSSR count). The van der Waals surface area contributed by atoms with Crippen LogP contribution in [0.5, 0.6) is 0 Å². The predicted octanol–water partition coefficient (Wildman–Crippen LogP) is 1.13. The van der Waals surface area contributed by atoms with E-state index < -0.39 is 5.97 Å². The van der Waals surface area contributed by atoms with Crippen molar-refractivity contribution in [2.45, 2.75) is 45.8 Å². The highest BCUT2D eigenvalue weighted by molar-refractivity contribution is 5.94. The zero-order valence-electron chi connectivity index (χ0n) is 13.9. The first-order valence-electron chi connectivity index (χ1n) is 7.81. The van der Waals surface area contributed by atoms with Gasteiger partial charge >= 0.3 is 5.97 Å². The van der Waals surface area contributed by atoms with Crippen molar-refractivity contribution < 1.29 is 19.1 Å². The fourth-order valence-electron chi connectivity index (χ4n) is 2.19. The first kappa shape index (κ1) is 19.0. The SMILES string of the molecule is CC(C)OC=O.CCOC(=O)c1cnn(C2CCNCC2)c1N. The first-order chi connectivity index (χ1) is 11.0. The number of nitrogens with one attached hydrogen (secondary N) is 1. The van der Waals surface area contributed by atoms with E-state index in [4.69, 9.17) is 10.5 Å². The quantitative estimate of drug-likeness (QED) is 0.617. The minimum Gasteiger partial charge on any atom is -0.465 e. The second-order valence-electron chi connectivity index (χ2n) is 5.37. The molecule has 0 aromatic carbocycles. The maximum atomic E-state index is 11.6. The van der Waals surface area contributed by atoms with Gasteiger partial charge in [0.1, 0.15) is 11.4 Å². The number of carbonyl (C=O) groups excluding carboxylic acids is 2. The molecule has 0 atom stereocenters. The molecule has 0 bridgehead atoms. The van der Waals surface area contributed by atoms with Gasteiger partial charge in [-0.2, -0.15) is 5.10 Å². The van der Waals surface area contributed by atoms with Gasteiger partial charge in [-0.15, -0.1) is 0 Å². The third-order valence-electron chi connectivity index (χ3n) is 3.31. The van der Waals surface area contributed by atoms with Crippen LogP contribution in [0, 0.1) is 0 Å². The third-order valence-corrected chi connectivity index (χ3v) is 3.31. The van der Waals surface area contributed by atoms with Crippen LogP contribution in [0.3, 0.4) is 0 Å². The zero-order valence-corrected chi connectivity index (χ0v) is 13.9. The van der Waals surface area contributed by atoms with Crippen LogP contribution < -0.4 is 11.1 Å². The van der Waals surface area contributed by atoms with E-state index in [1.807, 2.05) is 0 Å². The molecule has 130 valence electrons. The number of carbonyl (C=O) groups is 2. The summed E-state index contributed by atoms with van der Waals surface area (Å²) in [5.74, 6) is 0.0144.